The van der Waals surface area contributed by atoms with Crippen LogP contribution in [0.4, 0.5) is 11.4 Å². The number of sulfonamides is 1. The Morgan fingerprint density at radius 3 is 2.57 bits per heavy atom. The molecule has 3 rings (SSSR count). The first-order valence-electron chi connectivity index (χ1n) is 6.82. The molecule has 2 aromatic rings. The van der Waals surface area contributed by atoms with Crippen LogP contribution < -0.4 is 9.62 Å². The van der Waals surface area contributed by atoms with Crippen molar-refractivity contribution in [3.8, 4) is 0 Å². The Bertz CT molecular complexity index is 894. The van der Waals surface area contributed by atoms with E-state index in [1.54, 1.807) is 47.4 Å². The van der Waals surface area contributed by atoms with Gasteiger partial charge in [-0.3, -0.25) is 9.52 Å². The van der Waals surface area contributed by atoms with Gasteiger partial charge in [-0.2, -0.15) is 0 Å². The largest absolute Gasteiger partial charge is 0.305 e. The summed E-state index contributed by atoms with van der Waals surface area (Å²) in [4.78, 5) is 13.5. The van der Waals surface area contributed by atoms with Crippen LogP contribution in [0, 0.1) is 0 Å². The first-order chi connectivity index (χ1) is 11.0. The van der Waals surface area contributed by atoms with Gasteiger partial charge < -0.3 is 4.90 Å². The molecule has 1 aliphatic heterocycles. The van der Waals surface area contributed by atoms with Crippen molar-refractivity contribution in [2.45, 2.75) is 4.90 Å². The first-order valence-corrected chi connectivity index (χ1v) is 9.10. The average Bonchev–Trinajstić information content (AvgIpc) is 2.93. The van der Waals surface area contributed by atoms with Crippen LogP contribution in [0.25, 0.3) is 0 Å². The maximum absolute atomic E-state index is 12.4. The first kappa shape index (κ1) is 15.8. The van der Waals surface area contributed by atoms with Crippen LogP contribution in [0.2, 0.25) is 0 Å². The highest BCUT2D eigenvalue weighted by Gasteiger charge is 2.18. The fraction of sp³-hybridized carbons (Fsp3) is 0.0625. The molecular weight excluding hydrogens is 380 g/mol. The minimum Gasteiger partial charge on any atom is -0.305 e. The standard InChI is InChI=1S/C16H13BrN2O3S/c17-12-4-1-7-15(10-12)23(21,22)18-13-5-2-6-14(11-13)19-9-3-8-16(19)20/h1-8,10-11,18H,9H2. The van der Waals surface area contributed by atoms with Crippen LogP contribution in [-0.4, -0.2) is 20.9 Å². The summed E-state index contributed by atoms with van der Waals surface area (Å²) in [6, 6.07) is 13.2. The van der Waals surface area contributed by atoms with Crippen LogP contribution in [-0.2, 0) is 14.8 Å². The lowest BCUT2D eigenvalue weighted by atomic mass is 10.2. The summed E-state index contributed by atoms with van der Waals surface area (Å²) in [5, 5.41) is 0. The number of anilines is 2. The molecule has 0 saturated heterocycles. The zero-order chi connectivity index (χ0) is 16.4. The highest BCUT2D eigenvalue weighted by molar-refractivity contribution is 9.10. The van der Waals surface area contributed by atoms with Gasteiger partial charge in [0.2, 0.25) is 0 Å². The van der Waals surface area contributed by atoms with Gasteiger partial charge in [0.1, 0.15) is 0 Å². The van der Waals surface area contributed by atoms with Gasteiger partial charge in [0, 0.05) is 22.8 Å². The second-order valence-electron chi connectivity index (χ2n) is 4.96. The summed E-state index contributed by atoms with van der Waals surface area (Å²) in [6.45, 7) is 0.487. The fourth-order valence-electron chi connectivity index (χ4n) is 2.26. The van der Waals surface area contributed by atoms with Gasteiger partial charge in [0.05, 0.1) is 10.6 Å². The summed E-state index contributed by atoms with van der Waals surface area (Å²) in [5.74, 6) is -0.114. The number of benzene rings is 2. The van der Waals surface area contributed by atoms with E-state index in [-0.39, 0.29) is 10.8 Å². The Balaban J connectivity index is 1.87. The topological polar surface area (TPSA) is 66.5 Å². The molecule has 1 amide bonds. The van der Waals surface area contributed by atoms with Crippen LogP contribution >= 0.6 is 15.9 Å². The van der Waals surface area contributed by atoms with Crippen LogP contribution in [0.15, 0.2) is 70.1 Å². The smallest absolute Gasteiger partial charge is 0.261 e. The third-order valence-corrected chi connectivity index (χ3v) is 5.20. The molecule has 7 heteroatoms. The number of carbonyl (C=O) groups excluding carboxylic acids is 1. The molecule has 0 aromatic heterocycles. The lowest BCUT2D eigenvalue weighted by Gasteiger charge is -2.17. The van der Waals surface area contributed by atoms with Crippen molar-refractivity contribution >= 4 is 43.2 Å². The number of carbonyl (C=O) groups is 1. The van der Waals surface area contributed by atoms with Crippen molar-refractivity contribution in [3.63, 3.8) is 0 Å². The van der Waals surface area contributed by atoms with Gasteiger partial charge in [-0.15, -0.1) is 0 Å². The van der Waals surface area contributed by atoms with E-state index in [1.807, 2.05) is 0 Å². The van der Waals surface area contributed by atoms with Crippen molar-refractivity contribution in [1.82, 2.24) is 0 Å². The summed E-state index contributed by atoms with van der Waals surface area (Å²) < 4.78 is 28.1. The van der Waals surface area contributed by atoms with E-state index in [1.165, 1.54) is 18.2 Å². The van der Waals surface area contributed by atoms with E-state index < -0.39 is 10.0 Å². The summed E-state index contributed by atoms with van der Waals surface area (Å²) >= 11 is 3.26. The number of amides is 1. The molecule has 0 radical (unpaired) electrons. The molecule has 0 atom stereocenters. The Morgan fingerprint density at radius 2 is 1.87 bits per heavy atom. The minimum absolute atomic E-state index is 0.114. The zero-order valence-corrected chi connectivity index (χ0v) is 14.3. The van der Waals surface area contributed by atoms with Crippen LogP contribution in [0.5, 0.6) is 0 Å². The molecule has 0 spiro atoms. The van der Waals surface area contributed by atoms with Crippen LogP contribution in [0.1, 0.15) is 0 Å². The van der Waals surface area contributed by atoms with Gasteiger partial charge >= 0.3 is 0 Å². The van der Waals surface area contributed by atoms with E-state index in [2.05, 4.69) is 20.7 Å². The third kappa shape index (κ3) is 3.46. The molecule has 2 aromatic carbocycles. The third-order valence-electron chi connectivity index (χ3n) is 3.33. The Hall–Kier alpha value is -2.12. The Morgan fingerprint density at radius 1 is 1.09 bits per heavy atom. The van der Waals surface area contributed by atoms with E-state index in [4.69, 9.17) is 0 Å². The number of halogens is 1. The molecule has 1 heterocycles. The monoisotopic (exact) mass is 392 g/mol. The Labute approximate surface area is 142 Å². The van der Waals surface area contributed by atoms with Gasteiger partial charge in [0.15, 0.2) is 0 Å². The highest BCUT2D eigenvalue weighted by atomic mass is 79.9. The predicted octanol–water partition coefficient (Wildman–Crippen LogP) is 3.15. The second kappa shape index (κ2) is 6.17. The Kier molecular flexibility index (Phi) is 4.23. The van der Waals surface area contributed by atoms with Crippen molar-refractivity contribution in [1.29, 1.82) is 0 Å². The van der Waals surface area contributed by atoms with E-state index >= 15 is 0 Å². The maximum Gasteiger partial charge on any atom is 0.261 e. The quantitative estimate of drug-likeness (QED) is 0.868. The number of nitrogens with one attached hydrogen (secondary N) is 1. The predicted molar refractivity (Wildman–Crippen MR) is 92.9 cm³/mol. The highest BCUT2D eigenvalue weighted by Crippen LogP contribution is 2.24. The molecule has 5 nitrogen and oxygen atoms in total. The summed E-state index contributed by atoms with van der Waals surface area (Å²) in [6.07, 6.45) is 3.26. The van der Waals surface area contributed by atoms with Crippen molar-refractivity contribution in [2.24, 2.45) is 0 Å². The number of nitrogens with zero attached hydrogens (tertiary/aromatic N) is 1. The molecule has 1 N–H and O–H groups in total. The average molecular weight is 393 g/mol. The fourth-order valence-corrected chi connectivity index (χ4v) is 3.90. The second-order valence-corrected chi connectivity index (χ2v) is 7.56. The lowest BCUT2D eigenvalue weighted by molar-refractivity contribution is -0.113. The van der Waals surface area contributed by atoms with E-state index in [0.29, 0.717) is 22.4 Å². The van der Waals surface area contributed by atoms with E-state index in [9.17, 15) is 13.2 Å². The molecule has 0 bridgehead atoms. The minimum atomic E-state index is -3.69. The van der Waals surface area contributed by atoms with Gasteiger partial charge in [-0.05, 0) is 36.4 Å². The molecule has 23 heavy (non-hydrogen) atoms. The zero-order valence-electron chi connectivity index (χ0n) is 11.9. The van der Waals surface area contributed by atoms with Crippen molar-refractivity contribution < 1.29 is 13.2 Å². The SMILES string of the molecule is O=C1C=CCN1c1cccc(NS(=O)(=O)c2cccc(Br)c2)c1. The molecule has 118 valence electrons. The number of rotatable bonds is 4. The summed E-state index contributed by atoms with van der Waals surface area (Å²) in [5.41, 5.74) is 1.05. The molecule has 0 saturated carbocycles. The lowest BCUT2D eigenvalue weighted by Crippen LogP contribution is -2.24. The normalized spacial score (nSPS) is 14.3. The van der Waals surface area contributed by atoms with Gasteiger partial charge in [0.25, 0.3) is 15.9 Å². The van der Waals surface area contributed by atoms with E-state index in [0.717, 1.165) is 0 Å². The molecule has 0 aliphatic carbocycles. The molecule has 1 aliphatic rings. The molecule has 0 fully saturated rings. The van der Waals surface area contributed by atoms with Gasteiger partial charge in [-0.1, -0.05) is 34.1 Å². The summed E-state index contributed by atoms with van der Waals surface area (Å²) in [7, 11) is -3.69. The molecular formula is C16H13BrN2O3S. The van der Waals surface area contributed by atoms with Gasteiger partial charge in [-0.25, -0.2) is 8.42 Å². The molecule has 0 unspecified atom stereocenters. The number of hydrogen-bond acceptors (Lipinski definition) is 3. The number of hydrogen-bond donors (Lipinski definition) is 1. The van der Waals surface area contributed by atoms with Crippen molar-refractivity contribution in [3.05, 3.63) is 65.2 Å². The maximum atomic E-state index is 12.4. The van der Waals surface area contributed by atoms with Crippen LogP contribution in [0.3, 0.4) is 0 Å². The van der Waals surface area contributed by atoms with Crippen molar-refractivity contribution in [2.75, 3.05) is 16.2 Å².